The standard InChI is InChI=1S/C10H14ClN3S/c1-2-14-5-3-4-7(6-14)8-9(11)15-10(12)13-8/h4H,2-3,5-6H2,1H3,(H2,12,13). The van der Waals surface area contributed by atoms with Crippen LogP contribution >= 0.6 is 22.9 Å². The molecule has 0 atom stereocenters. The second-order valence-corrected chi connectivity index (χ2v) is 5.19. The first-order valence-electron chi connectivity index (χ1n) is 5.04. The summed E-state index contributed by atoms with van der Waals surface area (Å²) < 4.78 is 0.705. The number of aromatic nitrogens is 1. The molecular weight excluding hydrogens is 230 g/mol. The van der Waals surface area contributed by atoms with E-state index in [1.807, 2.05) is 0 Å². The fourth-order valence-corrected chi connectivity index (χ4v) is 2.76. The van der Waals surface area contributed by atoms with E-state index in [4.69, 9.17) is 17.3 Å². The smallest absolute Gasteiger partial charge is 0.182 e. The Hall–Kier alpha value is -0.580. The van der Waals surface area contributed by atoms with Crippen molar-refractivity contribution in [2.45, 2.75) is 13.3 Å². The first-order chi connectivity index (χ1) is 7.20. The van der Waals surface area contributed by atoms with E-state index in [1.165, 1.54) is 16.9 Å². The Kier molecular flexibility index (Phi) is 3.29. The molecule has 0 bridgehead atoms. The van der Waals surface area contributed by atoms with Crippen LogP contribution in [-0.2, 0) is 0 Å². The van der Waals surface area contributed by atoms with Crippen molar-refractivity contribution in [2.75, 3.05) is 25.4 Å². The Bertz CT molecular complexity index is 386. The zero-order chi connectivity index (χ0) is 10.8. The lowest BCUT2D eigenvalue weighted by Crippen LogP contribution is -2.29. The van der Waals surface area contributed by atoms with E-state index in [1.54, 1.807) is 0 Å². The zero-order valence-corrected chi connectivity index (χ0v) is 10.2. The second kappa shape index (κ2) is 4.51. The third kappa shape index (κ3) is 2.33. The molecule has 2 heterocycles. The molecule has 1 aromatic rings. The quantitative estimate of drug-likeness (QED) is 0.868. The molecule has 1 aliphatic heterocycles. The van der Waals surface area contributed by atoms with Gasteiger partial charge in [0.25, 0.3) is 0 Å². The summed E-state index contributed by atoms with van der Waals surface area (Å²) in [6.45, 7) is 5.28. The van der Waals surface area contributed by atoms with Crippen molar-refractivity contribution in [1.29, 1.82) is 0 Å². The minimum absolute atomic E-state index is 0.546. The molecule has 0 unspecified atom stereocenters. The maximum absolute atomic E-state index is 6.09. The summed E-state index contributed by atoms with van der Waals surface area (Å²) in [7, 11) is 0. The van der Waals surface area contributed by atoms with Crippen LogP contribution in [0.2, 0.25) is 4.34 Å². The van der Waals surface area contributed by atoms with Crippen LogP contribution in [0, 0.1) is 0 Å². The third-order valence-electron chi connectivity index (χ3n) is 2.58. The molecule has 0 spiro atoms. The Morgan fingerprint density at radius 1 is 1.67 bits per heavy atom. The van der Waals surface area contributed by atoms with Crippen LogP contribution in [0.25, 0.3) is 5.57 Å². The third-order valence-corrected chi connectivity index (χ3v) is 3.67. The van der Waals surface area contributed by atoms with E-state index in [2.05, 4.69) is 22.9 Å². The van der Waals surface area contributed by atoms with Gasteiger partial charge in [-0.2, -0.15) is 0 Å². The van der Waals surface area contributed by atoms with E-state index >= 15 is 0 Å². The van der Waals surface area contributed by atoms with Crippen LogP contribution in [0.1, 0.15) is 19.0 Å². The van der Waals surface area contributed by atoms with E-state index in [0.29, 0.717) is 9.47 Å². The fraction of sp³-hybridized carbons (Fsp3) is 0.500. The Morgan fingerprint density at radius 2 is 2.47 bits per heavy atom. The van der Waals surface area contributed by atoms with Gasteiger partial charge in [0.05, 0.1) is 5.69 Å². The van der Waals surface area contributed by atoms with Gasteiger partial charge in [-0.05, 0) is 18.5 Å². The molecule has 0 saturated carbocycles. The van der Waals surface area contributed by atoms with Crippen molar-refractivity contribution < 1.29 is 0 Å². The molecule has 82 valence electrons. The maximum Gasteiger partial charge on any atom is 0.182 e. The molecule has 2 N–H and O–H groups in total. The highest BCUT2D eigenvalue weighted by atomic mass is 35.5. The highest BCUT2D eigenvalue weighted by molar-refractivity contribution is 7.19. The summed E-state index contributed by atoms with van der Waals surface area (Å²) in [4.78, 5) is 6.65. The number of nitrogens with two attached hydrogens (primary N) is 1. The molecule has 3 nitrogen and oxygen atoms in total. The monoisotopic (exact) mass is 243 g/mol. The largest absolute Gasteiger partial charge is 0.375 e. The van der Waals surface area contributed by atoms with Crippen LogP contribution < -0.4 is 5.73 Å². The number of nitrogens with zero attached hydrogens (tertiary/aromatic N) is 2. The number of nitrogen functional groups attached to an aromatic ring is 1. The van der Waals surface area contributed by atoms with Crippen LogP contribution in [-0.4, -0.2) is 29.5 Å². The predicted molar refractivity (Wildman–Crippen MR) is 66.2 cm³/mol. The number of hydrogen-bond donors (Lipinski definition) is 1. The lowest BCUT2D eigenvalue weighted by Gasteiger charge is -2.25. The van der Waals surface area contributed by atoms with Gasteiger partial charge in [0.1, 0.15) is 4.34 Å². The molecule has 0 aromatic carbocycles. The summed E-state index contributed by atoms with van der Waals surface area (Å²) in [5.74, 6) is 0. The molecule has 0 amide bonds. The SMILES string of the molecule is CCN1CCC=C(c2nc(N)sc2Cl)C1. The molecule has 0 fully saturated rings. The maximum atomic E-state index is 6.09. The number of thiazole rings is 1. The molecule has 0 saturated heterocycles. The molecule has 1 aliphatic rings. The van der Waals surface area contributed by atoms with Gasteiger partial charge in [0.2, 0.25) is 0 Å². The van der Waals surface area contributed by atoms with Gasteiger partial charge >= 0.3 is 0 Å². The normalized spacial score (nSPS) is 17.9. The van der Waals surface area contributed by atoms with Crippen LogP contribution in [0.3, 0.4) is 0 Å². The zero-order valence-electron chi connectivity index (χ0n) is 8.66. The van der Waals surface area contributed by atoms with Crippen LogP contribution in [0.4, 0.5) is 5.13 Å². The summed E-state index contributed by atoms with van der Waals surface area (Å²) in [5.41, 5.74) is 7.72. The number of rotatable bonds is 2. The molecule has 0 radical (unpaired) electrons. The van der Waals surface area contributed by atoms with E-state index < -0.39 is 0 Å². The summed E-state index contributed by atoms with van der Waals surface area (Å²) in [6.07, 6.45) is 3.28. The molecule has 15 heavy (non-hydrogen) atoms. The van der Waals surface area contributed by atoms with Crippen molar-refractivity contribution in [3.8, 4) is 0 Å². The highest BCUT2D eigenvalue weighted by Gasteiger charge is 2.17. The van der Waals surface area contributed by atoms with Gasteiger partial charge in [-0.1, -0.05) is 35.9 Å². The fourth-order valence-electron chi connectivity index (χ4n) is 1.76. The highest BCUT2D eigenvalue weighted by Crippen LogP contribution is 2.32. The van der Waals surface area contributed by atoms with Crippen LogP contribution in [0.5, 0.6) is 0 Å². The van der Waals surface area contributed by atoms with Gasteiger partial charge in [0.15, 0.2) is 5.13 Å². The van der Waals surface area contributed by atoms with Gasteiger partial charge in [-0.25, -0.2) is 4.98 Å². The minimum Gasteiger partial charge on any atom is -0.375 e. The molecular formula is C10H14ClN3S. The van der Waals surface area contributed by atoms with Crippen molar-refractivity contribution in [3.63, 3.8) is 0 Å². The Morgan fingerprint density at radius 3 is 3.07 bits per heavy atom. The predicted octanol–water partition coefficient (Wildman–Crippen LogP) is 2.49. The van der Waals surface area contributed by atoms with E-state index in [0.717, 1.165) is 31.7 Å². The average Bonchev–Trinajstić information content (AvgIpc) is 2.58. The Labute approximate surface area is 98.6 Å². The summed E-state index contributed by atoms with van der Waals surface area (Å²) >= 11 is 7.43. The number of likely N-dealkylation sites (N-methyl/N-ethyl adjacent to an activating group) is 1. The summed E-state index contributed by atoms with van der Waals surface area (Å²) in [5, 5.41) is 0.546. The molecule has 2 rings (SSSR count). The summed E-state index contributed by atoms with van der Waals surface area (Å²) in [6, 6.07) is 0. The van der Waals surface area contributed by atoms with Gasteiger partial charge in [-0.3, -0.25) is 4.90 Å². The molecule has 5 heteroatoms. The first kappa shape index (κ1) is 10.9. The van der Waals surface area contributed by atoms with Gasteiger partial charge < -0.3 is 5.73 Å². The van der Waals surface area contributed by atoms with Crippen molar-refractivity contribution >= 4 is 33.6 Å². The molecule has 1 aromatic heterocycles. The first-order valence-corrected chi connectivity index (χ1v) is 6.23. The minimum atomic E-state index is 0.546. The van der Waals surface area contributed by atoms with Crippen LogP contribution in [0.15, 0.2) is 6.08 Å². The Balaban J connectivity index is 2.24. The van der Waals surface area contributed by atoms with Gasteiger partial charge in [0, 0.05) is 13.1 Å². The van der Waals surface area contributed by atoms with Gasteiger partial charge in [-0.15, -0.1) is 0 Å². The second-order valence-electron chi connectivity index (χ2n) is 3.56. The lowest BCUT2D eigenvalue weighted by atomic mass is 10.1. The lowest BCUT2D eigenvalue weighted by molar-refractivity contribution is 0.321. The topological polar surface area (TPSA) is 42.2 Å². The van der Waals surface area contributed by atoms with E-state index in [9.17, 15) is 0 Å². The number of hydrogen-bond acceptors (Lipinski definition) is 4. The number of anilines is 1. The molecule has 0 aliphatic carbocycles. The number of halogens is 1. The van der Waals surface area contributed by atoms with Crippen molar-refractivity contribution in [2.24, 2.45) is 0 Å². The van der Waals surface area contributed by atoms with Crippen molar-refractivity contribution in [3.05, 3.63) is 16.1 Å². The van der Waals surface area contributed by atoms with E-state index in [-0.39, 0.29) is 0 Å². The average molecular weight is 244 g/mol. The van der Waals surface area contributed by atoms with Crippen molar-refractivity contribution in [1.82, 2.24) is 9.88 Å².